The Morgan fingerprint density at radius 3 is 2.52 bits per heavy atom. The predicted octanol–water partition coefficient (Wildman–Crippen LogP) is 3.65. The van der Waals surface area contributed by atoms with Crippen molar-refractivity contribution in [2.75, 3.05) is 19.8 Å². The molecule has 1 N–H and O–H groups in total. The van der Waals surface area contributed by atoms with Crippen molar-refractivity contribution in [3.8, 4) is 0 Å². The van der Waals surface area contributed by atoms with Crippen LogP contribution in [0, 0.1) is 0 Å². The molecule has 0 spiro atoms. The van der Waals surface area contributed by atoms with Gasteiger partial charge in [-0.3, -0.25) is 0 Å². The molecule has 0 amide bonds. The highest BCUT2D eigenvalue weighted by Gasteiger charge is 2.60. The van der Waals surface area contributed by atoms with Crippen LogP contribution in [0.4, 0.5) is 0 Å². The summed E-state index contributed by atoms with van der Waals surface area (Å²) in [4.78, 5) is 2.99. The standard InChI is InChI=1S/C24H27N3O6/c1-2-13-29-23-24(16-28,26-27-25)21(30-14-17-9-5-3-6-10-17)20-19(32-23)15-31-22(33-20)18-11-7-4-8-12-18/h2-12,19-23,28H,1,13-16H2. The molecule has 9 heteroatoms. The molecule has 2 saturated heterocycles. The minimum absolute atomic E-state index is 0.129. The van der Waals surface area contributed by atoms with E-state index in [9.17, 15) is 10.6 Å². The van der Waals surface area contributed by atoms with Crippen LogP contribution in [0.15, 0.2) is 78.4 Å². The van der Waals surface area contributed by atoms with Crippen LogP contribution in [0.2, 0.25) is 0 Å². The highest BCUT2D eigenvalue weighted by atomic mass is 16.8. The molecule has 2 aromatic carbocycles. The normalized spacial score (nSPS) is 31.2. The third-order valence-electron chi connectivity index (χ3n) is 5.75. The average Bonchev–Trinajstić information content (AvgIpc) is 2.87. The van der Waals surface area contributed by atoms with Crippen LogP contribution in [0.5, 0.6) is 0 Å². The van der Waals surface area contributed by atoms with Crippen LogP contribution in [-0.4, -0.2) is 55.1 Å². The zero-order valence-corrected chi connectivity index (χ0v) is 18.1. The summed E-state index contributed by atoms with van der Waals surface area (Å²) >= 11 is 0. The highest BCUT2D eigenvalue weighted by molar-refractivity contribution is 5.18. The zero-order chi connectivity index (χ0) is 23.1. The Balaban J connectivity index is 1.68. The van der Waals surface area contributed by atoms with E-state index in [1.54, 1.807) is 6.08 Å². The molecule has 2 fully saturated rings. The summed E-state index contributed by atoms with van der Waals surface area (Å²) in [7, 11) is 0. The zero-order valence-electron chi connectivity index (χ0n) is 18.1. The number of hydrogen-bond donors (Lipinski definition) is 1. The summed E-state index contributed by atoms with van der Waals surface area (Å²) in [5.74, 6) is 0. The fourth-order valence-electron chi connectivity index (χ4n) is 4.13. The molecule has 9 nitrogen and oxygen atoms in total. The van der Waals surface area contributed by atoms with Gasteiger partial charge in [0.2, 0.25) is 0 Å². The molecule has 4 rings (SSSR count). The molecule has 0 aromatic heterocycles. The van der Waals surface area contributed by atoms with Gasteiger partial charge >= 0.3 is 0 Å². The number of rotatable bonds is 9. The molecule has 2 aliphatic rings. The summed E-state index contributed by atoms with van der Waals surface area (Å²) < 4.78 is 30.4. The second kappa shape index (κ2) is 10.9. The molecule has 33 heavy (non-hydrogen) atoms. The van der Waals surface area contributed by atoms with E-state index in [1.165, 1.54) is 0 Å². The third-order valence-corrected chi connectivity index (χ3v) is 5.75. The van der Waals surface area contributed by atoms with Crippen molar-refractivity contribution in [3.05, 3.63) is 94.9 Å². The predicted molar refractivity (Wildman–Crippen MR) is 119 cm³/mol. The number of azide groups is 1. The van der Waals surface area contributed by atoms with Crippen LogP contribution in [-0.2, 0) is 30.3 Å². The third kappa shape index (κ3) is 4.95. The first-order valence-corrected chi connectivity index (χ1v) is 10.7. The molecule has 0 aliphatic carbocycles. The smallest absolute Gasteiger partial charge is 0.184 e. The molecular weight excluding hydrogens is 426 g/mol. The molecule has 0 bridgehead atoms. The van der Waals surface area contributed by atoms with E-state index in [2.05, 4.69) is 16.6 Å². The molecule has 2 aliphatic heterocycles. The fraction of sp³-hybridized carbons (Fsp3) is 0.417. The average molecular weight is 453 g/mol. The molecule has 0 radical (unpaired) electrons. The Morgan fingerprint density at radius 2 is 1.85 bits per heavy atom. The Labute approximate surface area is 192 Å². The Bertz CT molecular complexity index is 955. The summed E-state index contributed by atoms with van der Waals surface area (Å²) in [6.07, 6.45) is -2.32. The molecule has 2 aromatic rings. The van der Waals surface area contributed by atoms with Gasteiger partial charge in [0, 0.05) is 10.5 Å². The first kappa shape index (κ1) is 23.4. The molecule has 0 saturated carbocycles. The van der Waals surface area contributed by atoms with E-state index >= 15 is 0 Å². The largest absolute Gasteiger partial charge is 0.395 e. The number of benzene rings is 2. The van der Waals surface area contributed by atoms with Crippen molar-refractivity contribution in [1.82, 2.24) is 0 Å². The quantitative estimate of drug-likeness (QED) is 0.268. The lowest BCUT2D eigenvalue weighted by atomic mass is 9.83. The van der Waals surface area contributed by atoms with Crippen LogP contribution in [0.3, 0.4) is 0 Å². The second-order valence-corrected chi connectivity index (χ2v) is 7.86. The summed E-state index contributed by atoms with van der Waals surface area (Å²) in [5, 5.41) is 14.4. The van der Waals surface area contributed by atoms with E-state index in [0.29, 0.717) is 0 Å². The van der Waals surface area contributed by atoms with Gasteiger partial charge in [-0.15, -0.1) is 6.58 Å². The maximum absolute atomic E-state index is 10.5. The second-order valence-electron chi connectivity index (χ2n) is 7.86. The van der Waals surface area contributed by atoms with Gasteiger partial charge in [-0.2, -0.15) is 0 Å². The van der Waals surface area contributed by atoms with Crippen molar-refractivity contribution in [3.63, 3.8) is 0 Å². The maximum Gasteiger partial charge on any atom is 0.184 e. The van der Waals surface area contributed by atoms with E-state index in [1.807, 2.05) is 60.7 Å². The monoisotopic (exact) mass is 453 g/mol. The van der Waals surface area contributed by atoms with E-state index in [4.69, 9.17) is 23.7 Å². The lowest BCUT2D eigenvalue weighted by Gasteiger charge is -2.53. The van der Waals surface area contributed by atoms with Crippen molar-refractivity contribution in [1.29, 1.82) is 0 Å². The molecule has 174 valence electrons. The van der Waals surface area contributed by atoms with Crippen LogP contribution in [0.25, 0.3) is 10.4 Å². The first-order chi connectivity index (χ1) is 16.2. The topological polar surface area (TPSA) is 115 Å². The van der Waals surface area contributed by atoms with E-state index in [-0.39, 0.29) is 19.8 Å². The van der Waals surface area contributed by atoms with Crippen LogP contribution < -0.4 is 0 Å². The van der Waals surface area contributed by atoms with Crippen molar-refractivity contribution >= 4 is 0 Å². The summed E-state index contributed by atoms with van der Waals surface area (Å²) in [6, 6.07) is 19.1. The van der Waals surface area contributed by atoms with Gasteiger partial charge in [0.15, 0.2) is 18.1 Å². The van der Waals surface area contributed by atoms with Gasteiger partial charge in [0.05, 0.1) is 26.4 Å². The number of nitrogens with zero attached hydrogens (tertiary/aromatic N) is 3. The van der Waals surface area contributed by atoms with Gasteiger partial charge < -0.3 is 28.8 Å². The van der Waals surface area contributed by atoms with Crippen molar-refractivity contribution in [2.45, 2.75) is 43.0 Å². The van der Waals surface area contributed by atoms with Crippen molar-refractivity contribution in [2.24, 2.45) is 5.11 Å². The van der Waals surface area contributed by atoms with E-state index in [0.717, 1.165) is 11.1 Å². The van der Waals surface area contributed by atoms with Crippen LogP contribution >= 0.6 is 0 Å². The Morgan fingerprint density at radius 1 is 1.12 bits per heavy atom. The Kier molecular flexibility index (Phi) is 7.74. The van der Waals surface area contributed by atoms with Crippen LogP contribution in [0.1, 0.15) is 17.4 Å². The highest BCUT2D eigenvalue weighted by Crippen LogP contribution is 2.42. The molecule has 6 atom stereocenters. The van der Waals surface area contributed by atoms with Gasteiger partial charge in [-0.1, -0.05) is 71.9 Å². The van der Waals surface area contributed by atoms with Gasteiger partial charge in [-0.25, -0.2) is 0 Å². The number of hydrogen-bond acceptors (Lipinski definition) is 7. The molecular formula is C24H27N3O6. The minimum atomic E-state index is -1.58. The number of fused-ring (bicyclic) bond motifs is 1. The first-order valence-electron chi connectivity index (χ1n) is 10.7. The number of ether oxygens (including phenoxy) is 5. The maximum atomic E-state index is 10.5. The van der Waals surface area contributed by atoms with Crippen molar-refractivity contribution < 1.29 is 28.8 Å². The summed E-state index contributed by atoms with van der Waals surface area (Å²) in [5.41, 5.74) is 9.56. The SMILES string of the molecule is C=CCOC1OC2COC(c3ccccc3)OC2C(OCc2ccccc2)C1(CO)N=[N+]=[N-]. The molecule has 2 heterocycles. The minimum Gasteiger partial charge on any atom is -0.395 e. The van der Waals surface area contributed by atoms with Gasteiger partial charge in [0.25, 0.3) is 0 Å². The Hall–Kier alpha value is -2.75. The lowest BCUT2D eigenvalue weighted by Crippen LogP contribution is -2.70. The van der Waals surface area contributed by atoms with E-state index < -0.39 is 43.0 Å². The molecule has 6 unspecified atom stereocenters. The lowest BCUT2D eigenvalue weighted by molar-refractivity contribution is -0.364. The van der Waals surface area contributed by atoms with Gasteiger partial charge in [0.1, 0.15) is 18.3 Å². The number of aliphatic hydroxyl groups excluding tert-OH is 1. The summed E-state index contributed by atoms with van der Waals surface area (Å²) in [6.45, 7) is 3.64. The van der Waals surface area contributed by atoms with Gasteiger partial charge in [-0.05, 0) is 11.1 Å². The fourth-order valence-corrected chi connectivity index (χ4v) is 4.13. The number of aliphatic hydroxyl groups is 1.